The molecular formula is C10H20N2. The number of rotatable bonds is 2. The molecule has 1 aliphatic carbocycles. The van der Waals surface area contributed by atoms with Crippen LogP contribution in [0.2, 0.25) is 0 Å². The van der Waals surface area contributed by atoms with Gasteiger partial charge in [-0.1, -0.05) is 13.8 Å². The molecule has 0 spiro atoms. The lowest BCUT2D eigenvalue weighted by Gasteiger charge is -2.16. The molecule has 2 heteroatoms. The minimum atomic E-state index is 0.654. The largest absolute Gasteiger partial charge is 0.316 e. The molecule has 2 nitrogen and oxygen atoms in total. The van der Waals surface area contributed by atoms with Gasteiger partial charge >= 0.3 is 0 Å². The van der Waals surface area contributed by atoms with Crippen LogP contribution in [0, 0.1) is 11.8 Å². The highest BCUT2D eigenvalue weighted by Gasteiger charge is 2.36. The molecule has 2 N–H and O–H groups in total. The van der Waals surface area contributed by atoms with Gasteiger partial charge in [0.1, 0.15) is 0 Å². The van der Waals surface area contributed by atoms with Crippen molar-refractivity contribution in [3.8, 4) is 0 Å². The van der Waals surface area contributed by atoms with Gasteiger partial charge in [-0.3, -0.25) is 0 Å². The fourth-order valence-electron chi connectivity index (χ4n) is 2.77. The molecule has 2 fully saturated rings. The molecule has 2 rings (SSSR count). The number of nitrogens with one attached hydrogen (secondary N) is 2. The van der Waals surface area contributed by atoms with Crippen LogP contribution in [0.4, 0.5) is 0 Å². The number of hydrogen-bond donors (Lipinski definition) is 2. The fourth-order valence-corrected chi connectivity index (χ4v) is 2.77. The fraction of sp³-hybridized carbons (Fsp3) is 1.00. The number of hydrogen-bond acceptors (Lipinski definition) is 2. The van der Waals surface area contributed by atoms with Crippen LogP contribution in [0.25, 0.3) is 0 Å². The van der Waals surface area contributed by atoms with Gasteiger partial charge in [-0.05, 0) is 37.8 Å². The molecule has 2 atom stereocenters. The van der Waals surface area contributed by atoms with Crippen molar-refractivity contribution in [2.24, 2.45) is 11.8 Å². The molecule has 1 saturated carbocycles. The van der Waals surface area contributed by atoms with Crippen LogP contribution in [0.15, 0.2) is 0 Å². The second kappa shape index (κ2) is 3.35. The van der Waals surface area contributed by atoms with E-state index >= 15 is 0 Å². The summed E-state index contributed by atoms with van der Waals surface area (Å²) in [5.74, 6) is 1.95. The molecule has 70 valence electrons. The average molecular weight is 168 g/mol. The summed E-state index contributed by atoms with van der Waals surface area (Å²) in [7, 11) is 0. The van der Waals surface area contributed by atoms with Gasteiger partial charge in [-0.25, -0.2) is 0 Å². The lowest BCUT2D eigenvalue weighted by atomic mass is 10.0. The summed E-state index contributed by atoms with van der Waals surface area (Å²) in [6.45, 7) is 7.01. The minimum absolute atomic E-state index is 0.654. The Balaban J connectivity index is 1.82. The Morgan fingerprint density at radius 1 is 1.17 bits per heavy atom. The molecule has 0 aromatic heterocycles. The van der Waals surface area contributed by atoms with E-state index in [1.165, 1.54) is 25.9 Å². The average Bonchev–Trinajstić information content (AvgIpc) is 2.43. The topological polar surface area (TPSA) is 24.1 Å². The summed E-state index contributed by atoms with van der Waals surface area (Å²) in [4.78, 5) is 0. The molecule has 0 amide bonds. The van der Waals surface area contributed by atoms with Gasteiger partial charge in [0.2, 0.25) is 0 Å². The van der Waals surface area contributed by atoms with Crippen LogP contribution in [0.5, 0.6) is 0 Å². The summed E-state index contributed by atoms with van der Waals surface area (Å²) >= 11 is 0. The SMILES string of the molecule is CC(C)NC1CC2CNCC2C1. The molecule has 0 bridgehead atoms. The van der Waals surface area contributed by atoms with E-state index in [0.29, 0.717) is 6.04 Å². The molecule has 2 aliphatic rings. The molecule has 1 heterocycles. The maximum absolute atomic E-state index is 3.64. The Morgan fingerprint density at radius 3 is 2.25 bits per heavy atom. The van der Waals surface area contributed by atoms with Gasteiger partial charge in [0, 0.05) is 12.1 Å². The second-order valence-corrected chi connectivity index (χ2v) is 4.67. The quantitative estimate of drug-likeness (QED) is 0.642. The minimum Gasteiger partial charge on any atom is -0.316 e. The Morgan fingerprint density at radius 2 is 1.75 bits per heavy atom. The van der Waals surface area contributed by atoms with Gasteiger partial charge < -0.3 is 10.6 Å². The predicted octanol–water partition coefficient (Wildman–Crippen LogP) is 0.982. The zero-order chi connectivity index (χ0) is 8.55. The third-order valence-corrected chi connectivity index (χ3v) is 3.22. The molecular weight excluding hydrogens is 148 g/mol. The molecule has 0 aromatic rings. The highest BCUT2D eigenvalue weighted by Crippen LogP contribution is 2.34. The zero-order valence-corrected chi connectivity index (χ0v) is 8.14. The van der Waals surface area contributed by atoms with Crippen molar-refractivity contribution in [3.63, 3.8) is 0 Å². The second-order valence-electron chi connectivity index (χ2n) is 4.67. The van der Waals surface area contributed by atoms with E-state index in [2.05, 4.69) is 24.5 Å². The van der Waals surface area contributed by atoms with Crippen molar-refractivity contribution in [1.29, 1.82) is 0 Å². The maximum atomic E-state index is 3.64. The van der Waals surface area contributed by atoms with E-state index in [1.807, 2.05) is 0 Å². The van der Waals surface area contributed by atoms with Crippen molar-refractivity contribution in [1.82, 2.24) is 10.6 Å². The lowest BCUT2D eigenvalue weighted by molar-refractivity contribution is 0.444. The van der Waals surface area contributed by atoms with Crippen LogP contribution < -0.4 is 10.6 Å². The van der Waals surface area contributed by atoms with Gasteiger partial charge in [0.05, 0.1) is 0 Å². The Labute approximate surface area is 75.1 Å². The van der Waals surface area contributed by atoms with Crippen molar-refractivity contribution in [2.45, 2.75) is 38.8 Å². The Kier molecular flexibility index (Phi) is 2.37. The normalized spacial score (nSPS) is 40.8. The highest BCUT2D eigenvalue weighted by molar-refractivity contribution is 4.93. The summed E-state index contributed by atoms with van der Waals surface area (Å²) in [5, 5.41) is 7.11. The third-order valence-electron chi connectivity index (χ3n) is 3.22. The predicted molar refractivity (Wildman–Crippen MR) is 51.1 cm³/mol. The molecule has 1 aliphatic heterocycles. The van der Waals surface area contributed by atoms with Gasteiger partial charge in [-0.15, -0.1) is 0 Å². The monoisotopic (exact) mass is 168 g/mol. The standard InChI is InChI=1S/C10H20N2/c1-7(2)12-10-3-8-5-11-6-9(8)4-10/h7-12H,3-6H2,1-2H3. The maximum Gasteiger partial charge on any atom is 0.00758 e. The first-order valence-corrected chi connectivity index (χ1v) is 5.22. The van der Waals surface area contributed by atoms with Crippen molar-refractivity contribution in [2.75, 3.05) is 13.1 Å². The highest BCUT2D eigenvalue weighted by atomic mass is 15.0. The zero-order valence-electron chi connectivity index (χ0n) is 8.14. The van der Waals surface area contributed by atoms with Crippen LogP contribution in [-0.4, -0.2) is 25.2 Å². The first kappa shape index (κ1) is 8.52. The first-order valence-electron chi connectivity index (χ1n) is 5.22. The molecule has 12 heavy (non-hydrogen) atoms. The molecule has 2 unspecified atom stereocenters. The summed E-state index contributed by atoms with van der Waals surface area (Å²) in [5.41, 5.74) is 0. The van der Waals surface area contributed by atoms with E-state index in [-0.39, 0.29) is 0 Å². The molecule has 1 saturated heterocycles. The van der Waals surface area contributed by atoms with Gasteiger partial charge in [0.25, 0.3) is 0 Å². The molecule has 0 radical (unpaired) electrons. The number of fused-ring (bicyclic) bond motifs is 1. The van der Waals surface area contributed by atoms with E-state index in [0.717, 1.165) is 17.9 Å². The van der Waals surface area contributed by atoms with Crippen LogP contribution in [-0.2, 0) is 0 Å². The van der Waals surface area contributed by atoms with Crippen molar-refractivity contribution in [3.05, 3.63) is 0 Å². The van der Waals surface area contributed by atoms with Crippen LogP contribution in [0.1, 0.15) is 26.7 Å². The van der Waals surface area contributed by atoms with Crippen molar-refractivity contribution < 1.29 is 0 Å². The van der Waals surface area contributed by atoms with E-state index in [4.69, 9.17) is 0 Å². The van der Waals surface area contributed by atoms with E-state index < -0.39 is 0 Å². The van der Waals surface area contributed by atoms with Gasteiger partial charge in [-0.2, -0.15) is 0 Å². The third kappa shape index (κ3) is 1.64. The van der Waals surface area contributed by atoms with Crippen LogP contribution >= 0.6 is 0 Å². The summed E-state index contributed by atoms with van der Waals surface area (Å²) in [6, 6.07) is 1.46. The molecule has 0 aromatic carbocycles. The smallest absolute Gasteiger partial charge is 0.00758 e. The summed E-state index contributed by atoms with van der Waals surface area (Å²) in [6.07, 6.45) is 2.80. The Bertz CT molecular complexity index is 144. The Hall–Kier alpha value is -0.0800. The van der Waals surface area contributed by atoms with E-state index in [1.54, 1.807) is 0 Å². The summed E-state index contributed by atoms with van der Waals surface area (Å²) < 4.78 is 0. The van der Waals surface area contributed by atoms with Crippen LogP contribution in [0.3, 0.4) is 0 Å². The van der Waals surface area contributed by atoms with Gasteiger partial charge in [0.15, 0.2) is 0 Å². The lowest BCUT2D eigenvalue weighted by Crippen LogP contribution is -2.34. The van der Waals surface area contributed by atoms with E-state index in [9.17, 15) is 0 Å². The van der Waals surface area contributed by atoms with Crippen molar-refractivity contribution >= 4 is 0 Å². The first-order chi connectivity index (χ1) is 5.75.